The van der Waals surface area contributed by atoms with Crippen molar-refractivity contribution in [3.05, 3.63) is 34.9 Å². The molecule has 3 nitrogen and oxygen atoms in total. The van der Waals surface area contributed by atoms with Crippen molar-refractivity contribution in [3.8, 4) is 0 Å². The summed E-state index contributed by atoms with van der Waals surface area (Å²) in [4.78, 5) is 0. The Morgan fingerprint density at radius 1 is 1.18 bits per heavy atom. The molecule has 1 heterocycles. The van der Waals surface area contributed by atoms with Crippen LogP contribution in [-0.4, -0.2) is 19.9 Å². The molecule has 6 heteroatoms. The van der Waals surface area contributed by atoms with Gasteiger partial charge in [-0.15, -0.1) is 12.4 Å². The van der Waals surface area contributed by atoms with Crippen molar-refractivity contribution in [1.29, 1.82) is 0 Å². The summed E-state index contributed by atoms with van der Waals surface area (Å²) in [5.41, 5.74) is 6.51. The molecular formula is C11H15Cl2NO2S. The fraction of sp³-hybridized carbons (Fsp3) is 0.455. The fourth-order valence-corrected chi connectivity index (χ4v) is 3.92. The molecule has 96 valence electrons. The van der Waals surface area contributed by atoms with Crippen LogP contribution in [0.25, 0.3) is 0 Å². The van der Waals surface area contributed by atoms with Gasteiger partial charge in [-0.05, 0) is 24.5 Å². The average Bonchev–Trinajstić information content (AvgIpc) is 2.24. The highest BCUT2D eigenvalue weighted by atomic mass is 35.5. The third kappa shape index (κ3) is 3.13. The van der Waals surface area contributed by atoms with Gasteiger partial charge in [-0.2, -0.15) is 0 Å². The van der Waals surface area contributed by atoms with Gasteiger partial charge in [0.05, 0.1) is 11.5 Å². The minimum atomic E-state index is -2.90. The second-order valence-corrected chi connectivity index (χ2v) is 7.00. The Morgan fingerprint density at radius 3 is 2.24 bits per heavy atom. The largest absolute Gasteiger partial charge is 0.321 e. The molecule has 0 spiro atoms. The Balaban J connectivity index is 0.00000144. The number of benzene rings is 1. The first-order valence-corrected chi connectivity index (χ1v) is 7.37. The van der Waals surface area contributed by atoms with E-state index < -0.39 is 15.4 Å². The van der Waals surface area contributed by atoms with Crippen LogP contribution in [0.2, 0.25) is 5.02 Å². The standard InChI is InChI=1S/C11H14ClNO2S.ClH/c12-10-4-2-1-3-9(10)11(13)5-7-16(14,15)8-6-11;/h1-4H,5-8,13H2;1H. The van der Waals surface area contributed by atoms with E-state index in [1.165, 1.54) is 0 Å². The first-order chi connectivity index (χ1) is 7.43. The van der Waals surface area contributed by atoms with Gasteiger partial charge in [-0.1, -0.05) is 29.8 Å². The lowest BCUT2D eigenvalue weighted by atomic mass is 9.85. The lowest BCUT2D eigenvalue weighted by molar-refractivity contribution is 0.396. The molecule has 1 saturated heterocycles. The van der Waals surface area contributed by atoms with Crippen molar-refractivity contribution in [1.82, 2.24) is 0 Å². The van der Waals surface area contributed by atoms with E-state index >= 15 is 0 Å². The van der Waals surface area contributed by atoms with Gasteiger partial charge in [0.2, 0.25) is 0 Å². The monoisotopic (exact) mass is 295 g/mol. The molecule has 0 saturated carbocycles. The van der Waals surface area contributed by atoms with Crippen LogP contribution in [0, 0.1) is 0 Å². The van der Waals surface area contributed by atoms with Crippen molar-refractivity contribution < 1.29 is 8.42 Å². The van der Waals surface area contributed by atoms with Gasteiger partial charge in [0.25, 0.3) is 0 Å². The molecule has 1 aliphatic heterocycles. The number of hydrogen-bond donors (Lipinski definition) is 1. The van der Waals surface area contributed by atoms with E-state index in [0.717, 1.165) is 5.56 Å². The molecule has 0 radical (unpaired) electrons. The molecule has 0 atom stereocenters. The topological polar surface area (TPSA) is 60.2 Å². The van der Waals surface area contributed by atoms with E-state index in [4.69, 9.17) is 17.3 Å². The maximum absolute atomic E-state index is 11.4. The summed E-state index contributed by atoms with van der Waals surface area (Å²) in [6, 6.07) is 7.38. The summed E-state index contributed by atoms with van der Waals surface area (Å²) in [7, 11) is -2.90. The van der Waals surface area contributed by atoms with E-state index in [9.17, 15) is 8.42 Å². The number of nitrogens with two attached hydrogens (primary N) is 1. The van der Waals surface area contributed by atoms with Crippen molar-refractivity contribution in [3.63, 3.8) is 0 Å². The van der Waals surface area contributed by atoms with Gasteiger partial charge in [0, 0.05) is 10.6 Å². The SMILES string of the molecule is Cl.NC1(c2ccccc2Cl)CCS(=O)(=O)CC1. The average molecular weight is 296 g/mol. The minimum absolute atomic E-state index is 0. The van der Waals surface area contributed by atoms with E-state index in [1.807, 2.05) is 18.2 Å². The van der Waals surface area contributed by atoms with Crippen LogP contribution in [0.4, 0.5) is 0 Å². The van der Waals surface area contributed by atoms with Crippen molar-refractivity contribution in [2.75, 3.05) is 11.5 Å². The molecular weight excluding hydrogens is 281 g/mol. The van der Waals surface area contributed by atoms with Crippen molar-refractivity contribution in [2.24, 2.45) is 5.73 Å². The minimum Gasteiger partial charge on any atom is -0.321 e. The third-order valence-corrected chi connectivity index (χ3v) is 5.11. The zero-order valence-corrected chi connectivity index (χ0v) is 11.6. The summed E-state index contributed by atoms with van der Waals surface area (Å²) in [5.74, 6) is 0.295. The first kappa shape index (κ1) is 14.8. The molecule has 1 aromatic carbocycles. The molecule has 2 rings (SSSR count). The van der Waals surface area contributed by atoms with Gasteiger partial charge >= 0.3 is 0 Å². The van der Waals surface area contributed by atoms with Gasteiger partial charge in [-0.3, -0.25) is 0 Å². The lowest BCUT2D eigenvalue weighted by Gasteiger charge is -2.34. The highest BCUT2D eigenvalue weighted by molar-refractivity contribution is 7.91. The van der Waals surface area contributed by atoms with Gasteiger partial charge in [0.15, 0.2) is 0 Å². The Hall–Kier alpha value is -0.290. The second-order valence-electron chi connectivity index (χ2n) is 4.29. The molecule has 0 amide bonds. The normalized spacial score (nSPS) is 21.5. The second kappa shape index (κ2) is 5.14. The molecule has 1 aliphatic rings. The fourth-order valence-electron chi connectivity index (χ4n) is 2.04. The van der Waals surface area contributed by atoms with Crippen LogP contribution in [0.3, 0.4) is 0 Å². The zero-order valence-electron chi connectivity index (χ0n) is 9.23. The van der Waals surface area contributed by atoms with E-state index in [0.29, 0.717) is 17.9 Å². The highest BCUT2D eigenvalue weighted by Crippen LogP contribution is 2.35. The van der Waals surface area contributed by atoms with E-state index in [1.54, 1.807) is 6.07 Å². The van der Waals surface area contributed by atoms with E-state index in [-0.39, 0.29) is 23.9 Å². The maximum atomic E-state index is 11.4. The Morgan fingerprint density at radius 2 is 1.71 bits per heavy atom. The summed E-state index contributed by atoms with van der Waals surface area (Å²) < 4.78 is 22.7. The Kier molecular flexibility index (Phi) is 4.47. The quantitative estimate of drug-likeness (QED) is 0.863. The highest BCUT2D eigenvalue weighted by Gasteiger charge is 2.36. The van der Waals surface area contributed by atoms with Crippen LogP contribution >= 0.6 is 24.0 Å². The van der Waals surface area contributed by atoms with Crippen LogP contribution < -0.4 is 5.73 Å². The van der Waals surface area contributed by atoms with Crippen LogP contribution in [-0.2, 0) is 15.4 Å². The van der Waals surface area contributed by atoms with Gasteiger partial charge in [0.1, 0.15) is 9.84 Å². The maximum Gasteiger partial charge on any atom is 0.150 e. The smallest absolute Gasteiger partial charge is 0.150 e. The molecule has 2 N–H and O–H groups in total. The third-order valence-electron chi connectivity index (χ3n) is 3.13. The number of sulfone groups is 1. The summed E-state index contributed by atoms with van der Waals surface area (Å²) in [6.07, 6.45) is 0.887. The first-order valence-electron chi connectivity index (χ1n) is 5.17. The predicted octanol–water partition coefficient (Wildman–Crippen LogP) is 2.12. The molecule has 0 aliphatic carbocycles. The number of halogens is 2. The number of rotatable bonds is 1. The van der Waals surface area contributed by atoms with Crippen LogP contribution in [0.1, 0.15) is 18.4 Å². The predicted molar refractivity (Wildman–Crippen MR) is 72.5 cm³/mol. The van der Waals surface area contributed by atoms with Crippen LogP contribution in [0.5, 0.6) is 0 Å². The Bertz CT molecular complexity index is 488. The summed E-state index contributed by atoms with van der Waals surface area (Å²) in [5, 5.41) is 0.615. The number of hydrogen-bond acceptors (Lipinski definition) is 3. The van der Waals surface area contributed by atoms with E-state index in [2.05, 4.69) is 0 Å². The summed E-state index contributed by atoms with van der Waals surface area (Å²) >= 11 is 6.09. The van der Waals surface area contributed by atoms with Gasteiger partial charge in [-0.25, -0.2) is 8.42 Å². The molecule has 0 bridgehead atoms. The molecule has 1 fully saturated rings. The van der Waals surface area contributed by atoms with Crippen LogP contribution in [0.15, 0.2) is 24.3 Å². The molecule has 17 heavy (non-hydrogen) atoms. The van der Waals surface area contributed by atoms with Crippen molar-refractivity contribution in [2.45, 2.75) is 18.4 Å². The summed E-state index contributed by atoms with van der Waals surface area (Å²) in [6.45, 7) is 0. The van der Waals surface area contributed by atoms with Crippen molar-refractivity contribution >= 4 is 33.8 Å². The zero-order chi connectivity index (χ0) is 11.8. The molecule has 1 aromatic rings. The Labute approximate surface area is 113 Å². The lowest BCUT2D eigenvalue weighted by Crippen LogP contribution is -2.44. The molecule has 0 aromatic heterocycles. The molecule has 0 unspecified atom stereocenters. The van der Waals surface area contributed by atoms with Gasteiger partial charge < -0.3 is 5.73 Å².